The second-order valence-electron chi connectivity index (χ2n) is 8.54. The number of piperidine rings is 1. The lowest BCUT2D eigenvalue weighted by Crippen LogP contribution is -2.46. The fourth-order valence-electron chi connectivity index (χ4n) is 4.45. The van der Waals surface area contributed by atoms with Crippen LogP contribution < -0.4 is 15.9 Å². The number of nitrogens with one attached hydrogen (secondary N) is 1. The Hall–Kier alpha value is -2.62. The summed E-state index contributed by atoms with van der Waals surface area (Å²) in [4.78, 5) is 27.6. The highest BCUT2D eigenvalue weighted by Gasteiger charge is 2.23. The summed E-state index contributed by atoms with van der Waals surface area (Å²) < 4.78 is 26.9. The van der Waals surface area contributed by atoms with Crippen LogP contribution in [0, 0.1) is 0 Å². The van der Waals surface area contributed by atoms with E-state index in [0.29, 0.717) is 11.4 Å². The molecule has 0 unspecified atom stereocenters. The number of carbonyl (C=O) groups excluding carboxylic acids is 1. The first-order chi connectivity index (χ1) is 15.4. The number of amides is 1. The Balaban J connectivity index is 1.30. The maximum absolute atomic E-state index is 12.5. The van der Waals surface area contributed by atoms with Crippen LogP contribution in [0.3, 0.4) is 0 Å². The van der Waals surface area contributed by atoms with Crippen LogP contribution in [0.5, 0.6) is 0 Å². The molecule has 1 fully saturated rings. The molecule has 1 amide bonds. The molecule has 174 valence electrons. The summed E-state index contributed by atoms with van der Waals surface area (Å²) in [5.41, 5.74) is 0.788. The molecule has 2 aliphatic heterocycles. The molecule has 2 aromatic rings. The van der Waals surface area contributed by atoms with Crippen molar-refractivity contribution in [3.05, 3.63) is 40.6 Å². The molecule has 9 nitrogen and oxygen atoms in total. The van der Waals surface area contributed by atoms with E-state index >= 15 is 0 Å². The minimum atomic E-state index is -3.20. The second kappa shape index (κ2) is 9.48. The Kier molecular flexibility index (Phi) is 6.68. The van der Waals surface area contributed by atoms with Gasteiger partial charge in [-0.15, -0.1) is 0 Å². The Bertz CT molecular complexity index is 1110. The molecular formula is C22H31N5O4S. The van der Waals surface area contributed by atoms with Crippen LogP contribution in [-0.2, 0) is 34.1 Å². The molecular weight excluding hydrogens is 430 g/mol. The lowest BCUT2D eigenvalue weighted by atomic mass is 10.0. The number of aromatic nitrogens is 3. The lowest BCUT2D eigenvalue weighted by Gasteiger charge is -2.34. The van der Waals surface area contributed by atoms with E-state index in [4.69, 9.17) is 0 Å². The van der Waals surface area contributed by atoms with Gasteiger partial charge in [-0.1, -0.05) is 13.3 Å². The zero-order valence-electron chi connectivity index (χ0n) is 18.5. The lowest BCUT2D eigenvalue weighted by molar-refractivity contribution is -0.122. The summed E-state index contributed by atoms with van der Waals surface area (Å²) in [7, 11) is -3.20. The van der Waals surface area contributed by atoms with Crippen LogP contribution in [0.15, 0.2) is 34.0 Å². The quantitative estimate of drug-likeness (QED) is 0.696. The van der Waals surface area contributed by atoms with Gasteiger partial charge in [0, 0.05) is 37.8 Å². The molecule has 1 aromatic heterocycles. The number of sulfone groups is 1. The van der Waals surface area contributed by atoms with E-state index in [-0.39, 0.29) is 29.9 Å². The number of carbonyl (C=O) groups is 1. The monoisotopic (exact) mass is 461 g/mol. The van der Waals surface area contributed by atoms with E-state index in [1.54, 1.807) is 23.6 Å². The van der Waals surface area contributed by atoms with Gasteiger partial charge >= 0.3 is 5.69 Å². The number of fused-ring (bicyclic) bond motifs is 1. The Morgan fingerprint density at radius 1 is 1.09 bits per heavy atom. The topological polar surface area (TPSA) is 106 Å². The Morgan fingerprint density at radius 3 is 2.50 bits per heavy atom. The van der Waals surface area contributed by atoms with Crippen molar-refractivity contribution in [3.8, 4) is 0 Å². The molecule has 0 radical (unpaired) electrons. The van der Waals surface area contributed by atoms with Crippen molar-refractivity contribution in [1.29, 1.82) is 0 Å². The molecule has 4 rings (SSSR count). The van der Waals surface area contributed by atoms with Crippen LogP contribution in [0.4, 0.5) is 5.69 Å². The predicted octanol–water partition coefficient (Wildman–Crippen LogP) is 1.35. The standard InChI is InChI=1S/C22H31N5O4S/c1-2-32(30,31)19-9-7-18(8-10-19)25-14-11-17(12-15-25)23-21(28)16-27-22(29)26-13-5-3-4-6-20(26)24-27/h7-10,17H,2-6,11-16H2,1H3,(H,23,28). The average molecular weight is 462 g/mol. The molecule has 0 aliphatic carbocycles. The molecule has 1 saturated heterocycles. The van der Waals surface area contributed by atoms with Crippen LogP contribution in [0.1, 0.15) is 44.9 Å². The number of anilines is 1. The third-order valence-electron chi connectivity index (χ3n) is 6.38. The molecule has 0 spiro atoms. The van der Waals surface area contributed by atoms with Crippen molar-refractivity contribution in [2.75, 3.05) is 23.7 Å². The predicted molar refractivity (Wildman–Crippen MR) is 122 cm³/mol. The van der Waals surface area contributed by atoms with Crippen molar-refractivity contribution in [3.63, 3.8) is 0 Å². The van der Waals surface area contributed by atoms with Gasteiger partial charge in [-0.05, 0) is 49.9 Å². The van der Waals surface area contributed by atoms with Gasteiger partial charge in [0.05, 0.1) is 10.6 Å². The summed E-state index contributed by atoms with van der Waals surface area (Å²) in [5, 5.41) is 7.42. The van der Waals surface area contributed by atoms with E-state index in [2.05, 4.69) is 15.3 Å². The molecule has 0 bridgehead atoms. The highest BCUT2D eigenvalue weighted by molar-refractivity contribution is 7.91. The zero-order valence-corrected chi connectivity index (χ0v) is 19.3. The maximum Gasteiger partial charge on any atom is 0.346 e. The van der Waals surface area contributed by atoms with Gasteiger partial charge in [0.25, 0.3) is 0 Å². The first-order valence-electron chi connectivity index (χ1n) is 11.4. The van der Waals surface area contributed by atoms with E-state index in [0.717, 1.165) is 63.1 Å². The summed E-state index contributed by atoms with van der Waals surface area (Å²) in [6.07, 6.45) is 5.46. The largest absolute Gasteiger partial charge is 0.371 e. The van der Waals surface area contributed by atoms with Crippen LogP contribution >= 0.6 is 0 Å². The van der Waals surface area contributed by atoms with Crippen molar-refractivity contribution < 1.29 is 13.2 Å². The highest BCUT2D eigenvalue weighted by atomic mass is 32.2. The first-order valence-corrected chi connectivity index (χ1v) is 13.1. The number of hydrogen-bond acceptors (Lipinski definition) is 6. The fourth-order valence-corrected chi connectivity index (χ4v) is 5.33. The van der Waals surface area contributed by atoms with Crippen molar-refractivity contribution in [2.24, 2.45) is 0 Å². The van der Waals surface area contributed by atoms with Gasteiger partial charge in [-0.2, -0.15) is 5.10 Å². The zero-order chi connectivity index (χ0) is 22.7. The summed E-state index contributed by atoms with van der Waals surface area (Å²) in [6, 6.07) is 7.06. The van der Waals surface area contributed by atoms with Crippen LogP contribution in [-0.4, -0.2) is 53.6 Å². The van der Waals surface area contributed by atoms with Crippen molar-refractivity contribution >= 4 is 21.4 Å². The SMILES string of the molecule is CCS(=O)(=O)c1ccc(N2CCC(NC(=O)Cn3nc4n(c3=O)CCCCC4)CC2)cc1. The fraction of sp³-hybridized carbons (Fsp3) is 0.591. The normalized spacial score (nSPS) is 17.6. The van der Waals surface area contributed by atoms with Gasteiger partial charge in [0.15, 0.2) is 9.84 Å². The van der Waals surface area contributed by atoms with Gasteiger partial charge in [-0.3, -0.25) is 9.36 Å². The van der Waals surface area contributed by atoms with Gasteiger partial charge in [0.2, 0.25) is 5.91 Å². The van der Waals surface area contributed by atoms with Crippen LogP contribution in [0.25, 0.3) is 0 Å². The Labute approximate surface area is 188 Å². The molecule has 32 heavy (non-hydrogen) atoms. The number of rotatable bonds is 6. The number of hydrogen-bond donors (Lipinski definition) is 1. The van der Waals surface area contributed by atoms with Crippen LogP contribution in [0.2, 0.25) is 0 Å². The summed E-state index contributed by atoms with van der Waals surface area (Å²) >= 11 is 0. The molecule has 0 atom stereocenters. The smallest absolute Gasteiger partial charge is 0.346 e. The number of nitrogens with zero attached hydrogens (tertiary/aromatic N) is 4. The van der Waals surface area contributed by atoms with Crippen molar-refractivity contribution in [2.45, 2.75) is 69.5 Å². The third-order valence-corrected chi connectivity index (χ3v) is 8.13. The maximum atomic E-state index is 12.5. The molecule has 2 aliphatic rings. The molecule has 0 saturated carbocycles. The summed E-state index contributed by atoms with van der Waals surface area (Å²) in [5.74, 6) is 0.685. The van der Waals surface area contributed by atoms with Gasteiger partial charge < -0.3 is 10.2 Å². The minimum absolute atomic E-state index is 0.0492. The second-order valence-corrected chi connectivity index (χ2v) is 10.8. The van der Waals surface area contributed by atoms with E-state index < -0.39 is 9.84 Å². The molecule has 1 aromatic carbocycles. The molecule has 1 N–H and O–H groups in total. The van der Waals surface area contributed by atoms with Gasteiger partial charge in [0.1, 0.15) is 12.4 Å². The van der Waals surface area contributed by atoms with E-state index in [9.17, 15) is 18.0 Å². The third kappa shape index (κ3) is 4.90. The minimum Gasteiger partial charge on any atom is -0.371 e. The number of aryl methyl sites for hydroxylation is 1. The number of benzene rings is 1. The van der Waals surface area contributed by atoms with Crippen molar-refractivity contribution in [1.82, 2.24) is 19.7 Å². The molecule has 3 heterocycles. The highest BCUT2D eigenvalue weighted by Crippen LogP contribution is 2.22. The Morgan fingerprint density at radius 2 is 1.81 bits per heavy atom. The van der Waals surface area contributed by atoms with E-state index in [1.165, 1.54) is 4.68 Å². The average Bonchev–Trinajstić information content (AvgIpc) is 2.95. The first kappa shape index (κ1) is 22.6. The molecule has 10 heteroatoms. The summed E-state index contributed by atoms with van der Waals surface area (Å²) in [6.45, 7) is 3.81. The van der Waals surface area contributed by atoms with Gasteiger partial charge in [-0.25, -0.2) is 17.9 Å². The van der Waals surface area contributed by atoms with E-state index in [1.807, 2.05) is 12.1 Å².